The first-order chi connectivity index (χ1) is 19.8. The van der Waals surface area contributed by atoms with E-state index in [9.17, 15) is 13.6 Å². The van der Waals surface area contributed by atoms with E-state index >= 15 is 0 Å². The van der Waals surface area contributed by atoms with Crippen molar-refractivity contribution in [3.8, 4) is 33.9 Å². The van der Waals surface area contributed by atoms with Crippen molar-refractivity contribution < 1.29 is 23.0 Å². The molecule has 0 radical (unpaired) electrons. The first-order valence-corrected chi connectivity index (χ1v) is 15.2. The lowest BCUT2D eigenvalue weighted by Gasteiger charge is -2.16. The molecule has 41 heavy (non-hydrogen) atoms. The maximum absolute atomic E-state index is 14.7. The second kappa shape index (κ2) is 16.9. The van der Waals surface area contributed by atoms with Crippen LogP contribution in [0.2, 0.25) is 0 Å². The van der Waals surface area contributed by atoms with Gasteiger partial charge in [0, 0.05) is 17.3 Å². The van der Waals surface area contributed by atoms with E-state index in [-0.39, 0.29) is 17.9 Å². The van der Waals surface area contributed by atoms with E-state index in [1.165, 1.54) is 70.8 Å². The molecule has 0 spiro atoms. The number of nitrogens with zero attached hydrogens (tertiary/aromatic N) is 1. The molecule has 1 aromatic heterocycles. The number of hydrogen-bond donors (Lipinski definition) is 0. The maximum Gasteiger partial charge on any atom is 0.348 e. The molecule has 0 aliphatic heterocycles. The summed E-state index contributed by atoms with van der Waals surface area (Å²) in [5, 5.41) is 0. The van der Waals surface area contributed by atoms with Gasteiger partial charge in [0.1, 0.15) is 5.75 Å². The summed E-state index contributed by atoms with van der Waals surface area (Å²) in [5.74, 6) is -0.752. The zero-order chi connectivity index (χ0) is 29.5. The average molecular weight is 566 g/mol. The Morgan fingerprint density at radius 3 is 1.93 bits per heavy atom. The number of benzene rings is 2. The van der Waals surface area contributed by atoms with Crippen molar-refractivity contribution in [2.24, 2.45) is 0 Å². The quantitative estimate of drug-likeness (QED) is 0.0874. The first-order valence-electron chi connectivity index (χ1n) is 15.2. The van der Waals surface area contributed by atoms with Crippen LogP contribution in [-0.2, 0) is 4.79 Å². The summed E-state index contributed by atoms with van der Waals surface area (Å²) in [6, 6.07) is 15.5. The molecule has 2 aromatic carbocycles. The number of hydrogen-bond acceptors (Lipinski definition) is 4. The molecule has 3 aromatic rings. The minimum atomic E-state index is -2.02. The van der Waals surface area contributed by atoms with Crippen molar-refractivity contribution in [3.05, 3.63) is 66.6 Å². The summed E-state index contributed by atoms with van der Waals surface area (Å²) in [5.41, 5.74) is 1.01. The standard InChI is InChI=1S/C35H45F2NO3/c1-4-6-7-8-9-10-11-12-13-14-15-24-40-33-23-19-28(25-31(33)36)32-22-18-29(26-38-32)27-16-20-30(21-17-27)41-34(39)35(3,37)5-2/h16-23,25-26H,4-15,24H2,1-3H3/t35-/m0/s1. The molecular weight excluding hydrogens is 520 g/mol. The SMILES string of the molecule is CCCCCCCCCCCCCOc1ccc(-c2ccc(-c3ccc(OC(=O)[C@@](C)(F)CC)cc3)cn2)cc1F. The highest BCUT2D eigenvalue weighted by Crippen LogP contribution is 2.28. The number of rotatable bonds is 18. The van der Waals surface area contributed by atoms with E-state index in [1.54, 1.807) is 43.5 Å². The molecule has 0 unspecified atom stereocenters. The van der Waals surface area contributed by atoms with Gasteiger partial charge in [0.25, 0.3) is 0 Å². The van der Waals surface area contributed by atoms with Gasteiger partial charge >= 0.3 is 5.97 Å². The monoisotopic (exact) mass is 565 g/mol. The fraction of sp³-hybridized carbons (Fsp3) is 0.486. The van der Waals surface area contributed by atoms with Crippen molar-refractivity contribution in [1.29, 1.82) is 0 Å². The van der Waals surface area contributed by atoms with Crippen LogP contribution in [0.1, 0.15) is 97.8 Å². The van der Waals surface area contributed by atoms with E-state index in [2.05, 4.69) is 11.9 Å². The van der Waals surface area contributed by atoms with Crippen molar-refractivity contribution in [2.45, 2.75) is 103 Å². The second-order valence-corrected chi connectivity index (χ2v) is 10.9. The molecule has 0 aliphatic carbocycles. The number of halogens is 2. The highest BCUT2D eigenvalue weighted by molar-refractivity contribution is 5.81. The van der Waals surface area contributed by atoms with Crippen LogP contribution in [0, 0.1) is 5.82 Å². The molecule has 0 bridgehead atoms. The van der Waals surface area contributed by atoms with Crippen LogP contribution in [0.4, 0.5) is 8.78 Å². The smallest absolute Gasteiger partial charge is 0.348 e. The first kappa shape index (κ1) is 32.2. The number of aromatic nitrogens is 1. The van der Waals surface area contributed by atoms with Gasteiger partial charge in [-0.3, -0.25) is 4.98 Å². The van der Waals surface area contributed by atoms with Gasteiger partial charge < -0.3 is 9.47 Å². The summed E-state index contributed by atoms with van der Waals surface area (Å²) in [4.78, 5) is 16.4. The van der Waals surface area contributed by atoms with Gasteiger partial charge in [0.2, 0.25) is 5.67 Å². The Kier molecular flexibility index (Phi) is 13.3. The molecule has 222 valence electrons. The van der Waals surface area contributed by atoms with E-state index in [0.717, 1.165) is 24.0 Å². The molecule has 0 saturated carbocycles. The van der Waals surface area contributed by atoms with Gasteiger partial charge in [-0.25, -0.2) is 13.6 Å². The van der Waals surface area contributed by atoms with Gasteiger partial charge in [0.05, 0.1) is 12.3 Å². The van der Waals surface area contributed by atoms with Crippen LogP contribution in [0.5, 0.6) is 11.5 Å². The van der Waals surface area contributed by atoms with Crippen molar-refractivity contribution >= 4 is 5.97 Å². The fourth-order valence-electron chi connectivity index (χ4n) is 4.53. The van der Waals surface area contributed by atoms with E-state index in [4.69, 9.17) is 9.47 Å². The van der Waals surface area contributed by atoms with E-state index < -0.39 is 17.5 Å². The molecule has 1 atom stereocenters. The number of carbonyl (C=O) groups excluding carboxylic acids is 1. The topological polar surface area (TPSA) is 48.4 Å². The summed E-state index contributed by atoms with van der Waals surface area (Å²) in [6.45, 7) is 5.57. The number of esters is 1. The van der Waals surface area contributed by atoms with Crippen LogP contribution in [-0.4, -0.2) is 23.2 Å². The molecule has 0 aliphatic rings. The Labute approximate surface area is 244 Å². The Hall–Kier alpha value is -3.28. The molecule has 0 amide bonds. The van der Waals surface area contributed by atoms with Gasteiger partial charge in [-0.2, -0.15) is 0 Å². The Morgan fingerprint density at radius 1 is 0.780 bits per heavy atom. The van der Waals surface area contributed by atoms with Crippen molar-refractivity contribution in [1.82, 2.24) is 4.98 Å². The van der Waals surface area contributed by atoms with E-state index in [1.807, 2.05) is 18.2 Å². The summed E-state index contributed by atoms with van der Waals surface area (Å²) < 4.78 is 39.7. The van der Waals surface area contributed by atoms with Crippen molar-refractivity contribution in [2.75, 3.05) is 6.61 Å². The van der Waals surface area contributed by atoms with Crippen LogP contribution in [0.15, 0.2) is 60.8 Å². The van der Waals surface area contributed by atoms with Crippen LogP contribution in [0.25, 0.3) is 22.4 Å². The highest BCUT2D eigenvalue weighted by Gasteiger charge is 2.33. The van der Waals surface area contributed by atoms with Gasteiger partial charge in [-0.15, -0.1) is 0 Å². The van der Waals surface area contributed by atoms with Crippen LogP contribution in [0.3, 0.4) is 0 Å². The number of unbranched alkanes of at least 4 members (excludes halogenated alkanes) is 10. The van der Waals surface area contributed by atoms with Gasteiger partial charge in [0.15, 0.2) is 11.6 Å². The molecule has 6 heteroatoms. The lowest BCUT2D eigenvalue weighted by Crippen LogP contribution is -2.33. The molecule has 4 nitrogen and oxygen atoms in total. The molecule has 0 N–H and O–H groups in total. The largest absolute Gasteiger partial charge is 0.491 e. The zero-order valence-corrected chi connectivity index (χ0v) is 24.9. The number of alkyl halides is 1. The summed E-state index contributed by atoms with van der Waals surface area (Å²) >= 11 is 0. The molecule has 1 heterocycles. The number of carbonyl (C=O) groups is 1. The van der Waals surface area contributed by atoms with Crippen LogP contribution >= 0.6 is 0 Å². The molecular formula is C35H45F2NO3. The summed E-state index contributed by atoms with van der Waals surface area (Å²) in [7, 11) is 0. The molecule has 3 rings (SSSR count). The number of ether oxygens (including phenoxy) is 2. The number of pyridine rings is 1. The third-order valence-electron chi connectivity index (χ3n) is 7.48. The van der Waals surface area contributed by atoms with Crippen molar-refractivity contribution in [3.63, 3.8) is 0 Å². The molecule has 0 saturated heterocycles. The predicted molar refractivity (Wildman–Crippen MR) is 162 cm³/mol. The normalized spacial score (nSPS) is 12.6. The van der Waals surface area contributed by atoms with Gasteiger partial charge in [-0.05, 0) is 61.7 Å². The lowest BCUT2D eigenvalue weighted by atomic mass is 10.1. The Balaban J connectivity index is 1.42. The van der Waals surface area contributed by atoms with Gasteiger partial charge in [-0.1, -0.05) is 96.3 Å². The third-order valence-corrected chi connectivity index (χ3v) is 7.48. The second-order valence-electron chi connectivity index (χ2n) is 10.9. The van der Waals surface area contributed by atoms with E-state index in [0.29, 0.717) is 17.9 Å². The average Bonchev–Trinajstić information content (AvgIpc) is 2.99. The Morgan fingerprint density at radius 2 is 1.37 bits per heavy atom. The zero-order valence-electron chi connectivity index (χ0n) is 24.9. The molecule has 0 fully saturated rings. The third kappa shape index (κ3) is 10.6. The highest BCUT2D eigenvalue weighted by atomic mass is 19.1. The predicted octanol–water partition coefficient (Wildman–Crippen LogP) is 10.3. The fourth-order valence-corrected chi connectivity index (χ4v) is 4.53. The summed E-state index contributed by atoms with van der Waals surface area (Å²) in [6.07, 6.45) is 15.6. The maximum atomic E-state index is 14.7. The Bertz CT molecular complexity index is 1190. The lowest BCUT2D eigenvalue weighted by molar-refractivity contribution is -0.146. The minimum Gasteiger partial charge on any atom is -0.491 e. The van der Waals surface area contributed by atoms with Crippen LogP contribution < -0.4 is 9.47 Å². The minimum absolute atomic E-state index is 0.0427.